The Morgan fingerprint density at radius 3 is 2.24 bits per heavy atom. The number of carboxylic acid groups (broad SMARTS) is 1. The van der Waals surface area contributed by atoms with Gasteiger partial charge in [0.15, 0.2) is 6.04 Å². The first-order valence-electron chi connectivity index (χ1n) is 6.42. The van der Waals surface area contributed by atoms with E-state index in [0.29, 0.717) is 11.1 Å². The minimum atomic E-state index is -1.13. The van der Waals surface area contributed by atoms with Crippen LogP contribution in [0.2, 0.25) is 0 Å². The number of carboxylic acids is 1. The highest BCUT2D eigenvalue weighted by Crippen LogP contribution is 2.17. The molecule has 0 bridgehead atoms. The van der Waals surface area contributed by atoms with Crippen LogP contribution in [-0.2, 0) is 16.0 Å². The second-order valence-corrected chi connectivity index (χ2v) is 4.55. The fraction of sp³-hybridized carbons (Fsp3) is 0.125. The summed E-state index contributed by atoms with van der Waals surface area (Å²) in [4.78, 5) is 23.3. The molecule has 2 aromatic carbocycles. The number of hydrogen-bond donors (Lipinski definition) is 3. The molecule has 0 aliphatic carbocycles. The highest BCUT2D eigenvalue weighted by molar-refractivity contribution is 5.86. The maximum atomic E-state index is 12.0. The van der Waals surface area contributed by atoms with Gasteiger partial charge in [-0.15, -0.1) is 0 Å². The van der Waals surface area contributed by atoms with Crippen molar-refractivity contribution >= 4 is 11.9 Å². The summed E-state index contributed by atoms with van der Waals surface area (Å²) in [6.45, 7) is 0. The number of phenols is 1. The quantitative estimate of drug-likeness (QED) is 0.782. The lowest BCUT2D eigenvalue weighted by Gasteiger charge is -2.15. The number of aliphatic carboxylic acids is 1. The molecule has 0 aliphatic rings. The molecule has 0 fully saturated rings. The van der Waals surface area contributed by atoms with E-state index in [1.165, 1.54) is 6.07 Å². The second kappa shape index (κ2) is 6.56. The summed E-state index contributed by atoms with van der Waals surface area (Å²) in [7, 11) is 0. The van der Waals surface area contributed by atoms with Crippen molar-refractivity contribution in [3.63, 3.8) is 0 Å². The average molecular weight is 285 g/mol. The molecule has 0 aromatic heterocycles. The molecule has 0 spiro atoms. The van der Waals surface area contributed by atoms with E-state index >= 15 is 0 Å². The fourth-order valence-corrected chi connectivity index (χ4v) is 1.98. The van der Waals surface area contributed by atoms with Crippen LogP contribution in [0.25, 0.3) is 0 Å². The zero-order chi connectivity index (χ0) is 15.2. The lowest BCUT2D eigenvalue weighted by Crippen LogP contribution is -2.34. The molecule has 2 rings (SSSR count). The van der Waals surface area contributed by atoms with Crippen molar-refractivity contribution in [2.75, 3.05) is 0 Å². The number of para-hydroxylation sites is 1. The first kappa shape index (κ1) is 14.6. The Morgan fingerprint density at radius 1 is 1.00 bits per heavy atom. The summed E-state index contributed by atoms with van der Waals surface area (Å²) < 4.78 is 0. The first-order chi connectivity index (χ1) is 10.1. The monoisotopic (exact) mass is 285 g/mol. The topological polar surface area (TPSA) is 86.6 Å². The molecule has 108 valence electrons. The van der Waals surface area contributed by atoms with E-state index in [1.807, 2.05) is 0 Å². The van der Waals surface area contributed by atoms with Gasteiger partial charge in [0, 0.05) is 5.56 Å². The van der Waals surface area contributed by atoms with Gasteiger partial charge in [-0.1, -0.05) is 48.5 Å². The van der Waals surface area contributed by atoms with E-state index in [-0.39, 0.29) is 12.2 Å². The van der Waals surface area contributed by atoms with E-state index in [0.717, 1.165) is 0 Å². The number of carbonyl (C=O) groups excluding carboxylic acids is 1. The SMILES string of the molecule is O=C(Cc1ccccc1O)N[C@@H](C(=O)O)c1ccccc1. The molecule has 3 N–H and O–H groups in total. The number of carbonyl (C=O) groups is 2. The molecule has 0 unspecified atom stereocenters. The summed E-state index contributed by atoms with van der Waals surface area (Å²) in [6, 6.07) is 13.8. The van der Waals surface area contributed by atoms with Gasteiger partial charge in [-0.2, -0.15) is 0 Å². The maximum Gasteiger partial charge on any atom is 0.330 e. The summed E-state index contributed by atoms with van der Waals surface area (Å²) in [5.41, 5.74) is 0.947. The zero-order valence-electron chi connectivity index (χ0n) is 11.2. The lowest BCUT2D eigenvalue weighted by atomic mass is 10.1. The molecule has 2 aromatic rings. The first-order valence-corrected chi connectivity index (χ1v) is 6.42. The number of amides is 1. The fourth-order valence-electron chi connectivity index (χ4n) is 1.98. The van der Waals surface area contributed by atoms with Gasteiger partial charge in [-0.25, -0.2) is 4.79 Å². The molecule has 21 heavy (non-hydrogen) atoms. The summed E-state index contributed by atoms with van der Waals surface area (Å²) in [6.07, 6.45) is -0.0801. The third-order valence-electron chi connectivity index (χ3n) is 3.03. The Bertz CT molecular complexity index is 640. The van der Waals surface area contributed by atoms with Crippen molar-refractivity contribution in [3.8, 4) is 5.75 Å². The number of hydrogen-bond acceptors (Lipinski definition) is 3. The van der Waals surface area contributed by atoms with Gasteiger partial charge >= 0.3 is 5.97 Å². The van der Waals surface area contributed by atoms with Crippen molar-refractivity contribution < 1.29 is 19.8 Å². The van der Waals surface area contributed by atoms with Crippen LogP contribution in [0.15, 0.2) is 54.6 Å². The second-order valence-electron chi connectivity index (χ2n) is 4.55. The van der Waals surface area contributed by atoms with Crippen LogP contribution < -0.4 is 5.32 Å². The molecule has 0 saturated heterocycles. The van der Waals surface area contributed by atoms with E-state index in [4.69, 9.17) is 0 Å². The normalized spacial score (nSPS) is 11.6. The van der Waals surface area contributed by atoms with Gasteiger partial charge in [0.2, 0.25) is 5.91 Å². The molecule has 0 heterocycles. The van der Waals surface area contributed by atoms with Crippen molar-refractivity contribution in [3.05, 3.63) is 65.7 Å². The molecule has 5 heteroatoms. The Morgan fingerprint density at radius 2 is 1.62 bits per heavy atom. The van der Waals surface area contributed by atoms with Gasteiger partial charge in [-0.05, 0) is 11.6 Å². The number of benzene rings is 2. The molecule has 0 radical (unpaired) electrons. The third-order valence-corrected chi connectivity index (χ3v) is 3.03. The van der Waals surface area contributed by atoms with Crippen LogP contribution in [0.3, 0.4) is 0 Å². The molecule has 1 atom stereocenters. The Labute approximate surface area is 121 Å². The van der Waals surface area contributed by atoms with Gasteiger partial charge in [0.05, 0.1) is 6.42 Å². The molecule has 5 nitrogen and oxygen atoms in total. The van der Waals surface area contributed by atoms with Crippen molar-refractivity contribution in [1.82, 2.24) is 5.32 Å². The largest absolute Gasteiger partial charge is 0.508 e. The van der Waals surface area contributed by atoms with Crippen LogP contribution in [0.5, 0.6) is 5.75 Å². The summed E-state index contributed by atoms with van der Waals surface area (Å²) in [5.74, 6) is -1.58. The van der Waals surface area contributed by atoms with Crippen LogP contribution in [0.4, 0.5) is 0 Å². The Balaban J connectivity index is 2.10. The van der Waals surface area contributed by atoms with Crippen LogP contribution in [-0.4, -0.2) is 22.1 Å². The van der Waals surface area contributed by atoms with E-state index in [2.05, 4.69) is 5.32 Å². The van der Waals surface area contributed by atoms with Crippen LogP contribution in [0.1, 0.15) is 17.2 Å². The summed E-state index contributed by atoms with van der Waals surface area (Å²) >= 11 is 0. The van der Waals surface area contributed by atoms with E-state index in [1.54, 1.807) is 48.5 Å². The van der Waals surface area contributed by atoms with Crippen molar-refractivity contribution in [2.24, 2.45) is 0 Å². The predicted molar refractivity (Wildman–Crippen MR) is 76.8 cm³/mol. The molecule has 0 aliphatic heterocycles. The van der Waals surface area contributed by atoms with E-state index < -0.39 is 17.9 Å². The van der Waals surface area contributed by atoms with E-state index in [9.17, 15) is 19.8 Å². The summed E-state index contributed by atoms with van der Waals surface area (Å²) in [5, 5.41) is 21.3. The standard InChI is InChI=1S/C16H15NO4/c18-13-9-5-4-8-12(13)10-14(19)17-15(16(20)21)11-6-2-1-3-7-11/h1-9,15,18H,10H2,(H,17,19)(H,20,21)/t15-/m1/s1. The van der Waals surface area contributed by atoms with Gasteiger partial charge < -0.3 is 15.5 Å². The smallest absolute Gasteiger partial charge is 0.330 e. The number of rotatable bonds is 5. The number of nitrogens with one attached hydrogen (secondary N) is 1. The zero-order valence-corrected chi connectivity index (χ0v) is 11.2. The van der Waals surface area contributed by atoms with Gasteiger partial charge in [0.25, 0.3) is 0 Å². The van der Waals surface area contributed by atoms with Crippen molar-refractivity contribution in [1.29, 1.82) is 0 Å². The minimum Gasteiger partial charge on any atom is -0.508 e. The predicted octanol–water partition coefficient (Wildman–Crippen LogP) is 1.88. The van der Waals surface area contributed by atoms with Crippen LogP contribution in [0, 0.1) is 0 Å². The molecular weight excluding hydrogens is 270 g/mol. The molecule has 0 saturated carbocycles. The lowest BCUT2D eigenvalue weighted by molar-refractivity contribution is -0.141. The Hall–Kier alpha value is -2.82. The minimum absolute atomic E-state index is 0.0132. The Kier molecular flexibility index (Phi) is 4.56. The maximum absolute atomic E-state index is 12.0. The molecular formula is C16H15NO4. The highest BCUT2D eigenvalue weighted by atomic mass is 16.4. The van der Waals surface area contributed by atoms with Crippen LogP contribution >= 0.6 is 0 Å². The highest BCUT2D eigenvalue weighted by Gasteiger charge is 2.22. The number of phenolic OH excluding ortho intramolecular Hbond substituents is 1. The number of aromatic hydroxyl groups is 1. The van der Waals surface area contributed by atoms with Gasteiger partial charge in [0.1, 0.15) is 5.75 Å². The van der Waals surface area contributed by atoms with Gasteiger partial charge in [-0.3, -0.25) is 4.79 Å². The molecule has 1 amide bonds. The third kappa shape index (κ3) is 3.82. The average Bonchev–Trinajstić information content (AvgIpc) is 2.48. The van der Waals surface area contributed by atoms with Crippen molar-refractivity contribution in [2.45, 2.75) is 12.5 Å².